The van der Waals surface area contributed by atoms with E-state index < -0.39 is 11.9 Å². The largest absolute Gasteiger partial charge is 0.497 e. The summed E-state index contributed by atoms with van der Waals surface area (Å²) >= 11 is 0. The number of carboxylic acid groups (broad SMARTS) is 2. The first-order valence-corrected chi connectivity index (χ1v) is 5.63. The van der Waals surface area contributed by atoms with Crippen LogP contribution in [0.3, 0.4) is 0 Å². The van der Waals surface area contributed by atoms with Gasteiger partial charge in [-0.05, 0) is 24.3 Å². The zero-order valence-electron chi connectivity index (χ0n) is 10.5. The van der Waals surface area contributed by atoms with Gasteiger partial charge in [0.1, 0.15) is 5.75 Å². The molecule has 0 saturated carbocycles. The van der Waals surface area contributed by atoms with E-state index in [4.69, 9.17) is 14.9 Å². The Hall–Kier alpha value is -2.89. The Morgan fingerprint density at radius 2 is 1.65 bits per heavy atom. The Morgan fingerprint density at radius 1 is 1.05 bits per heavy atom. The highest BCUT2D eigenvalue weighted by Gasteiger charge is 2.13. The maximum Gasteiger partial charge on any atom is 0.335 e. The van der Waals surface area contributed by atoms with Crippen molar-refractivity contribution in [2.75, 3.05) is 7.11 Å². The minimum atomic E-state index is -1.20. The zero-order chi connectivity index (χ0) is 14.7. The molecule has 6 heteroatoms. The van der Waals surface area contributed by atoms with Gasteiger partial charge in [-0.15, -0.1) is 0 Å². The SMILES string of the molecule is COc1ccnc(-c2cc(C(=O)O)cc(C(=O)O)c2)c1. The van der Waals surface area contributed by atoms with Gasteiger partial charge >= 0.3 is 11.9 Å². The number of ether oxygens (including phenoxy) is 1. The number of rotatable bonds is 4. The number of carboxylic acids is 2. The molecule has 0 unspecified atom stereocenters. The molecule has 0 radical (unpaired) electrons. The van der Waals surface area contributed by atoms with Crippen LogP contribution >= 0.6 is 0 Å². The van der Waals surface area contributed by atoms with Crippen LogP contribution in [0.2, 0.25) is 0 Å². The summed E-state index contributed by atoms with van der Waals surface area (Å²) < 4.78 is 5.06. The standard InChI is InChI=1S/C14H11NO5/c1-20-11-2-3-15-12(7-11)8-4-9(13(16)17)6-10(5-8)14(18)19/h2-7H,1H3,(H,16,17)(H,18,19). The second-order valence-electron chi connectivity index (χ2n) is 3.99. The molecule has 0 bridgehead atoms. The molecule has 2 N–H and O–H groups in total. The first-order valence-electron chi connectivity index (χ1n) is 5.63. The Balaban J connectivity index is 2.60. The van der Waals surface area contributed by atoms with Crippen molar-refractivity contribution in [3.05, 3.63) is 47.7 Å². The number of pyridine rings is 1. The predicted octanol–water partition coefficient (Wildman–Crippen LogP) is 2.15. The van der Waals surface area contributed by atoms with E-state index in [0.29, 0.717) is 17.0 Å². The van der Waals surface area contributed by atoms with Crippen molar-refractivity contribution in [2.45, 2.75) is 0 Å². The lowest BCUT2D eigenvalue weighted by Crippen LogP contribution is -2.03. The summed E-state index contributed by atoms with van der Waals surface area (Å²) in [5.74, 6) is -1.85. The second-order valence-corrected chi connectivity index (χ2v) is 3.99. The van der Waals surface area contributed by atoms with Crippen LogP contribution in [0, 0.1) is 0 Å². The molecule has 20 heavy (non-hydrogen) atoms. The highest BCUT2D eigenvalue weighted by atomic mass is 16.5. The van der Waals surface area contributed by atoms with Crippen molar-refractivity contribution < 1.29 is 24.5 Å². The van der Waals surface area contributed by atoms with Crippen molar-refractivity contribution in [1.82, 2.24) is 4.98 Å². The zero-order valence-corrected chi connectivity index (χ0v) is 10.5. The van der Waals surface area contributed by atoms with Crippen molar-refractivity contribution in [1.29, 1.82) is 0 Å². The highest BCUT2D eigenvalue weighted by Crippen LogP contribution is 2.24. The predicted molar refractivity (Wildman–Crippen MR) is 70.1 cm³/mol. The number of nitrogens with zero attached hydrogens (tertiary/aromatic N) is 1. The molecule has 0 saturated heterocycles. The van der Waals surface area contributed by atoms with Crippen LogP contribution in [0.4, 0.5) is 0 Å². The smallest absolute Gasteiger partial charge is 0.335 e. The molecule has 0 atom stereocenters. The van der Waals surface area contributed by atoms with Gasteiger partial charge in [0.25, 0.3) is 0 Å². The molecule has 0 aliphatic carbocycles. The Kier molecular flexibility index (Phi) is 3.65. The lowest BCUT2D eigenvalue weighted by atomic mass is 10.0. The molecule has 0 aliphatic heterocycles. The molecule has 1 aromatic carbocycles. The van der Waals surface area contributed by atoms with Crippen LogP contribution < -0.4 is 4.74 Å². The van der Waals surface area contributed by atoms with Crippen LogP contribution in [-0.4, -0.2) is 34.2 Å². The van der Waals surface area contributed by atoms with Crippen LogP contribution in [0.15, 0.2) is 36.5 Å². The van der Waals surface area contributed by atoms with Crippen molar-refractivity contribution in [3.8, 4) is 17.0 Å². The average molecular weight is 273 g/mol. The minimum absolute atomic E-state index is 0.107. The number of carbonyl (C=O) groups is 2. The fraction of sp³-hybridized carbons (Fsp3) is 0.0714. The number of benzene rings is 1. The molecule has 6 nitrogen and oxygen atoms in total. The van der Waals surface area contributed by atoms with Crippen LogP contribution in [-0.2, 0) is 0 Å². The molecular weight excluding hydrogens is 262 g/mol. The average Bonchev–Trinajstić information content (AvgIpc) is 2.46. The Morgan fingerprint density at radius 3 is 2.15 bits per heavy atom. The third-order valence-corrected chi connectivity index (χ3v) is 2.69. The summed E-state index contributed by atoms with van der Waals surface area (Å²) in [7, 11) is 1.50. The van der Waals surface area contributed by atoms with Crippen molar-refractivity contribution in [2.24, 2.45) is 0 Å². The molecular formula is C14H11NO5. The van der Waals surface area contributed by atoms with Gasteiger partial charge in [0.2, 0.25) is 0 Å². The number of hydrogen-bond donors (Lipinski definition) is 2. The highest BCUT2D eigenvalue weighted by molar-refractivity contribution is 5.95. The van der Waals surface area contributed by atoms with Gasteiger partial charge in [0, 0.05) is 17.8 Å². The van der Waals surface area contributed by atoms with E-state index in [2.05, 4.69) is 4.98 Å². The van der Waals surface area contributed by atoms with Crippen LogP contribution in [0.1, 0.15) is 20.7 Å². The molecule has 102 valence electrons. The molecule has 0 amide bonds. The fourth-order valence-electron chi connectivity index (χ4n) is 1.72. The van der Waals surface area contributed by atoms with E-state index in [1.807, 2.05) is 0 Å². The van der Waals surface area contributed by atoms with Crippen LogP contribution in [0.25, 0.3) is 11.3 Å². The van der Waals surface area contributed by atoms with E-state index in [9.17, 15) is 9.59 Å². The molecule has 0 fully saturated rings. The quantitative estimate of drug-likeness (QED) is 0.886. The monoisotopic (exact) mass is 273 g/mol. The van der Waals surface area contributed by atoms with E-state index in [1.54, 1.807) is 12.1 Å². The van der Waals surface area contributed by atoms with Gasteiger partial charge in [-0.2, -0.15) is 0 Å². The van der Waals surface area contributed by atoms with Gasteiger partial charge in [-0.1, -0.05) is 0 Å². The molecule has 0 aliphatic rings. The van der Waals surface area contributed by atoms with Gasteiger partial charge < -0.3 is 14.9 Å². The third-order valence-electron chi connectivity index (χ3n) is 2.69. The minimum Gasteiger partial charge on any atom is -0.497 e. The van der Waals surface area contributed by atoms with E-state index >= 15 is 0 Å². The normalized spacial score (nSPS) is 10.1. The summed E-state index contributed by atoms with van der Waals surface area (Å²) in [5, 5.41) is 18.1. The van der Waals surface area contributed by atoms with E-state index in [-0.39, 0.29) is 11.1 Å². The number of methoxy groups -OCH3 is 1. The molecule has 1 aromatic heterocycles. The molecule has 0 spiro atoms. The van der Waals surface area contributed by atoms with Gasteiger partial charge in [-0.25, -0.2) is 9.59 Å². The molecule has 1 heterocycles. The molecule has 2 aromatic rings. The molecule has 2 rings (SSSR count). The summed E-state index contributed by atoms with van der Waals surface area (Å²) in [6, 6.07) is 7.09. The lowest BCUT2D eigenvalue weighted by Gasteiger charge is -2.06. The van der Waals surface area contributed by atoms with Crippen molar-refractivity contribution in [3.63, 3.8) is 0 Å². The fourth-order valence-corrected chi connectivity index (χ4v) is 1.72. The second kappa shape index (κ2) is 5.40. The van der Waals surface area contributed by atoms with Gasteiger partial charge in [0.05, 0.1) is 23.9 Å². The van der Waals surface area contributed by atoms with Crippen LogP contribution in [0.5, 0.6) is 5.75 Å². The number of hydrogen-bond acceptors (Lipinski definition) is 4. The summed E-state index contributed by atoms with van der Waals surface area (Å²) in [6.07, 6.45) is 1.50. The first-order chi connectivity index (χ1) is 9.51. The van der Waals surface area contributed by atoms with Crippen molar-refractivity contribution >= 4 is 11.9 Å². The summed E-state index contributed by atoms with van der Waals surface area (Å²) in [4.78, 5) is 26.2. The maximum atomic E-state index is 11.0. The van der Waals surface area contributed by atoms with Gasteiger partial charge in [0.15, 0.2) is 0 Å². The van der Waals surface area contributed by atoms with E-state index in [1.165, 1.54) is 25.4 Å². The Bertz CT molecular complexity index is 649. The number of aromatic carboxylic acids is 2. The maximum absolute atomic E-state index is 11.0. The van der Waals surface area contributed by atoms with Gasteiger partial charge in [-0.3, -0.25) is 4.98 Å². The van der Waals surface area contributed by atoms with E-state index in [0.717, 1.165) is 6.07 Å². The first kappa shape index (κ1) is 13.5. The summed E-state index contributed by atoms with van der Waals surface area (Å²) in [6.45, 7) is 0. The Labute approximate surface area is 114 Å². The summed E-state index contributed by atoms with van der Waals surface area (Å²) in [5.41, 5.74) is 0.630. The third kappa shape index (κ3) is 2.74. The topological polar surface area (TPSA) is 96.7 Å². The lowest BCUT2D eigenvalue weighted by molar-refractivity contribution is 0.0696. The number of aromatic nitrogens is 1.